The first kappa shape index (κ1) is 16.3. The molecule has 1 atom stereocenters. The second-order valence-corrected chi connectivity index (χ2v) is 8.24. The summed E-state index contributed by atoms with van der Waals surface area (Å²) in [5, 5.41) is 0.442. The molecule has 3 fully saturated rings. The zero-order valence-electron chi connectivity index (χ0n) is 13.9. The van der Waals surface area contributed by atoms with Crippen molar-refractivity contribution in [3.63, 3.8) is 0 Å². The molecule has 1 amide bonds. The fraction of sp³-hybridized carbons (Fsp3) is 0.632. The lowest BCUT2D eigenvalue weighted by molar-refractivity contribution is -0.140. The largest absolute Gasteiger partial charge is 0.339 e. The number of likely N-dealkylation sites (tertiary alicyclic amines) is 2. The number of halogens is 2. The molecule has 0 bridgehead atoms. The SMILES string of the molecule is O=C1CC[C@]2(CCCN(Cc3ccc(Cl)cc3F)C2)CN1C1CC1. The number of rotatable bonds is 3. The van der Waals surface area contributed by atoms with Gasteiger partial charge in [0.05, 0.1) is 0 Å². The molecule has 0 unspecified atom stereocenters. The van der Waals surface area contributed by atoms with Gasteiger partial charge in [-0.3, -0.25) is 9.69 Å². The van der Waals surface area contributed by atoms with Crippen LogP contribution in [0.15, 0.2) is 18.2 Å². The van der Waals surface area contributed by atoms with Crippen LogP contribution in [0.5, 0.6) is 0 Å². The van der Waals surface area contributed by atoms with Crippen LogP contribution in [0.3, 0.4) is 0 Å². The first-order valence-electron chi connectivity index (χ1n) is 9.00. The van der Waals surface area contributed by atoms with Crippen LogP contribution in [-0.2, 0) is 11.3 Å². The molecule has 0 N–H and O–H groups in total. The third kappa shape index (κ3) is 3.31. The zero-order chi connectivity index (χ0) is 16.7. The van der Waals surface area contributed by atoms with E-state index in [4.69, 9.17) is 11.6 Å². The van der Waals surface area contributed by atoms with Gasteiger partial charge >= 0.3 is 0 Å². The highest BCUT2D eigenvalue weighted by Gasteiger charge is 2.45. The summed E-state index contributed by atoms with van der Waals surface area (Å²) in [6.07, 6.45) is 6.31. The lowest BCUT2D eigenvalue weighted by atomic mass is 9.73. The van der Waals surface area contributed by atoms with Crippen LogP contribution in [0.2, 0.25) is 5.02 Å². The monoisotopic (exact) mass is 350 g/mol. The van der Waals surface area contributed by atoms with Crippen molar-refractivity contribution in [2.75, 3.05) is 19.6 Å². The molecule has 2 heterocycles. The summed E-state index contributed by atoms with van der Waals surface area (Å²) in [4.78, 5) is 16.7. The van der Waals surface area contributed by atoms with Gasteiger partial charge in [0.1, 0.15) is 5.82 Å². The fourth-order valence-corrected chi connectivity index (χ4v) is 4.59. The van der Waals surface area contributed by atoms with E-state index in [1.807, 2.05) is 0 Å². The highest BCUT2D eigenvalue weighted by atomic mass is 35.5. The predicted molar refractivity (Wildman–Crippen MR) is 92.3 cm³/mol. The third-order valence-corrected chi connectivity index (χ3v) is 6.07. The van der Waals surface area contributed by atoms with E-state index in [2.05, 4.69) is 9.80 Å². The Morgan fingerprint density at radius 1 is 1.25 bits per heavy atom. The number of hydrogen-bond acceptors (Lipinski definition) is 2. The third-order valence-electron chi connectivity index (χ3n) is 5.83. The van der Waals surface area contributed by atoms with Crippen LogP contribution in [0.4, 0.5) is 4.39 Å². The van der Waals surface area contributed by atoms with Gasteiger partial charge in [-0.25, -0.2) is 4.39 Å². The van der Waals surface area contributed by atoms with Crippen LogP contribution in [-0.4, -0.2) is 41.4 Å². The summed E-state index contributed by atoms with van der Waals surface area (Å²) in [6, 6.07) is 5.44. The molecule has 1 saturated carbocycles. The first-order chi connectivity index (χ1) is 11.5. The van der Waals surface area contributed by atoms with Gasteiger partial charge in [-0.2, -0.15) is 0 Å². The Morgan fingerprint density at radius 2 is 2.08 bits per heavy atom. The summed E-state index contributed by atoms with van der Waals surface area (Å²) >= 11 is 5.85. The van der Waals surface area contributed by atoms with Crippen molar-refractivity contribution in [3.05, 3.63) is 34.6 Å². The molecule has 4 rings (SSSR count). The Labute approximate surface area is 147 Å². The summed E-state index contributed by atoms with van der Waals surface area (Å²) in [7, 11) is 0. The molecule has 24 heavy (non-hydrogen) atoms. The average molecular weight is 351 g/mol. The first-order valence-corrected chi connectivity index (χ1v) is 9.38. The molecular weight excluding hydrogens is 327 g/mol. The highest BCUT2D eigenvalue weighted by Crippen LogP contribution is 2.42. The Bertz CT molecular complexity index is 648. The van der Waals surface area contributed by atoms with Crippen molar-refractivity contribution in [1.82, 2.24) is 9.80 Å². The van der Waals surface area contributed by atoms with Crippen molar-refractivity contribution < 1.29 is 9.18 Å². The van der Waals surface area contributed by atoms with Crippen molar-refractivity contribution in [3.8, 4) is 0 Å². The highest BCUT2D eigenvalue weighted by molar-refractivity contribution is 6.30. The van der Waals surface area contributed by atoms with Crippen LogP contribution in [0.25, 0.3) is 0 Å². The number of benzene rings is 1. The maximum absolute atomic E-state index is 14.1. The Hall–Kier alpha value is -1.13. The van der Waals surface area contributed by atoms with Gasteiger partial charge in [0.15, 0.2) is 0 Å². The Morgan fingerprint density at radius 3 is 2.83 bits per heavy atom. The number of nitrogens with zero attached hydrogens (tertiary/aromatic N) is 2. The summed E-state index contributed by atoms with van der Waals surface area (Å²) in [6.45, 7) is 3.49. The number of piperidine rings is 2. The Balaban J connectivity index is 1.46. The Kier molecular flexibility index (Phi) is 4.29. The quantitative estimate of drug-likeness (QED) is 0.826. The molecule has 130 valence electrons. The standard InChI is InChI=1S/C19H24ClFN2O/c20-15-3-2-14(17(21)10-15)11-22-9-1-7-19(12-22)8-6-18(24)23(13-19)16-4-5-16/h2-3,10,16H,1,4-9,11-13H2/t19-/m0/s1. The minimum atomic E-state index is -0.222. The zero-order valence-corrected chi connectivity index (χ0v) is 14.7. The van der Waals surface area contributed by atoms with Crippen LogP contribution in [0, 0.1) is 11.2 Å². The molecule has 3 nitrogen and oxygen atoms in total. The van der Waals surface area contributed by atoms with E-state index in [1.165, 1.54) is 25.3 Å². The van der Waals surface area contributed by atoms with Gasteiger partial charge in [0.25, 0.3) is 0 Å². The van der Waals surface area contributed by atoms with E-state index >= 15 is 0 Å². The second kappa shape index (κ2) is 6.30. The molecule has 2 aliphatic heterocycles. The molecule has 1 aliphatic carbocycles. The van der Waals surface area contributed by atoms with Crippen LogP contribution >= 0.6 is 11.6 Å². The normalized spacial score (nSPS) is 28.6. The number of carbonyl (C=O) groups excluding carboxylic acids is 1. The smallest absolute Gasteiger partial charge is 0.222 e. The van der Waals surface area contributed by atoms with E-state index in [0.717, 1.165) is 32.5 Å². The lowest BCUT2D eigenvalue weighted by Crippen LogP contribution is -2.54. The van der Waals surface area contributed by atoms with Crippen LogP contribution < -0.4 is 0 Å². The van der Waals surface area contributed by atoms with Gasteiger partial charge in [0.2, 0.25) is 5.91 Å². The molecule has 0 aromatic heterocycles. The molecule has 0 radical (unpaired) electrons. The number of amides is 1. The van der Waals surface area contributed by atoms with E-state index in [1.54, 1.807) is 12.1 Å². The molecule has 2 saturated heterocycles. The summed E-state index contributed by atoms with van der Waals surface area (Å²) < 4.78 is 14.1. The van der Waals surface area contributed by atoms with Gasteiger partial charge in [0, 0.05) is 48.1 Å². The molecule has 5 heteroatoms. The lowest BCUT2D eigenvalue weighted by Gasteiger charge is -2.48. The van der Waals surface area contributed by atoms with E-state index in [0.29, 0.717) is 35.5 Å². The molecule has 1 spiro atoms. The van der Waals surface area contributed by atoms with Crippen molar-refractivity contribution in [1.29, 1.82) is 0 Å². The van der Waals surface area contributed by atoms with E-state index in [9.17, 15) is 9.18 Å². The van der Waals surface area contributed by atoms with Crippen molar-refractivity contribution in [2.45, 2.75) is 51.1 Å². The minimum Gasteiger partial charge on any atom is -0.339 e. The van der Waals surface area contributed by atoms with E-state index in [-0.39, 0.29) is 11.2 Å². The minimum absolute atomic E-state index is 0.206. The van der Waals surface area contributed by atoms with Gasteiger partial charge in [-0.15, -0.1) is 0 Å². The maximum atomic E-state index is 14.1. The molecule has 1 aromatic carbocycles. The van der Waals surface area contributed by atoms with Gasteiger partial charge in [-0.05, 0) is 50.8 Å². The second-order valence-electron chi connectivity index (χ2n) is 7.80. The molecule has 3 aliphatic rings. The topological polar surface area (TPSA) is 23.6 Å². The fourth-order valence-electron chi connectivity index (χ4n) is 4.43. The number of hydrogen-bond donors (Lipinski definition) is 0. The van der Waals surface area contributed by atoms with Crippen molar-refractivity contribution in [2.24, 2.45) is 5.41 Å². The number of carbonyl (C=O) groups is 1. The van der Waals surface area contributed by atoms with Gasteiger partial charge in [-0.1, -0.05) is 17.7 Å². The average Bonchev–Trinajstić information content (AvgIpc) is 3.38. The molecule has 1 aromatic rings. The summed E-state index contributed by atoms with van der Waals surface area (Å²) in [5.74, 6) is 0.115. The van der Waals surface area contributed by atoms with Gasteiger partial charge < -0.3 is 4.90 Å². The van der Waals surface area contributed by atoms with E-state index < -0.39 is 0 Å². The predicted octanol–water partition coefficient (Wildman–Crippen LogP) is 3.85. The van der Waals surface area contributed by atoms with Crippen LogP contribution in [0.1, 0.15) is 44.1 Å². The summed E-state index contributed by atoms with van der Waals surface area (Å²) in [5.41, 5.74) is 0.917. The van der Waals surface area contributed by atoms with Crippen molar-refractivity contribution >= 4 is 17.5 Å². The molecular formula is C19H24ClFN2O. The maximum Gasteiger partial charge on any atom is 0.222 e.